The molecule has 3 rings (SSSR count). The number of aromatic nitrogens is 2. The zero-order valence-corrected chi connectivity index (χ0v) is 10.8. The molecule has 0 atom stereocenters. The van der Waals surface area contributed by atoms with Crippen LogP contribution in [0.15, 0.2) is 48.7 Å². The van der Waals surface area contributed by atoms with Crippen LogP contribution in [0.4, 0.5) is 0 Å². The van der Waals surface area contributed by atoms with Crippen molar-refractivity contribution in [3.05, 3.63) is 59.4 Å². The fourth-order valence-corrected chi connectivity index (χ4v) is 2.29. The van der Waals surface area contributed by atoms with Crippen LogP contribution in [0.3, 0.4) is 0 Å². The average molecular weight is 271 g/mol. The minimum absolute atomic E-state index is 0.336. The van der Waals surface area contributed by atoms with Gasteiger partial charge < -0.3 is 9.20 Å². The van der Waals surface area contributed by atoms with E-state index in [4.69, 9.17) is 11.6 Å². The monoisotopic (exact) mass is 270 g/mol. The van der Waals surface area contributed by atoms with Crippen LogP contribution in [-0.4, -0.2) is 15.7 Å². The maximum atomic E-state index is 10.9. The summed E-state index contributed by atoms with van der Waals surface area (Å²) in [6, 6.07) is 13.3. The van der Waals surface area contributed by atoms with Crippen molar-refractivity contribution in [2.75, 3.05) is 0 Å². The number of fused-ring (bicyclic) bond motifs is 1. The number of hydrogen-bond acceptors (Lipinski definition) is 2. The molecule has 0 N–H and O–H groups in total. The van der Waals surface area contributed by atoms with Gasteiger partial charge in [0.05, 0.1) is 11.4 Å². The van der Waals surface area contributed by atoms with E-state index in [1.165, 1.54) is 0 Å². The molecule has 0 spiro atoms. The summed E-state index contributed by atoms with van der Waals surface area (Å²) in [6.07, 6.45) is 3.15. The van der Waals surface area contributed by atoms with Gasteiger partial charge >= 0.3 is 0 Å². The van der Waals surface area contributed by atoms with Crippen LogP contribution in [-0.2, 0) is 11.2 Å². The number of carbonyl (C=O) groups excluding carboxylic acids is 1. The number of aldehydes is 1. The molecule has 0 radical (unpaired) electrons. The third-order valence-electron chi connectivity index (χ3n) is 3.02. The first-order valence-electron chi connectivity index (χ1n) is 5.95. The number of hydrogen-bond donors (Lipinski definition) is 0. The Kier molecular flexibility index (Phi) is 3.05. The van der Waals surface area contributed by atoms with Gasteiger partial charge in [-0.15, -0.1) is 0 Å². The summed E-state index contributed by atoms with van der Waals surface area (Å²) < 4.78 is 1.94. The van der Waals surface area contributed by atoms with Crippen LogP contribution in [0.25, 0.3) is 16.9 Å². The van der Waals surface area contributed by atoms with Gasteiger partial charge in [0.15, 0.2) is 0 Å². The highest BCUT2D eigenvalue weighted by atomic mass is 35.5. The Labute approximate surface area is 115 Å². The Bertz CT molecular complexity index is 731. The molecule has 2 aromatic heterocycles. The summed E-state index contributed by atoms with van der Waals surface area (Å²) in [5.74, 6) is 0. The Morgan fingerprint density at radius 2 is 1.95 bits per heavy atom. The van der Waals surface area contributed by atoms with E-state index >= 15 is 0 Å². The van der Waals surface area contributed by atoms with Gasteiger partial charge in [0, 0.05) is 23.2 Å². The summed E-state index contributed by atoms with van der Waals surface area (Å²) in [4.78, 5) is 15.5. The van der Waals surface area contributed by atoms with Crippen molar-refractivity contribution < 1.29 is 4.79 Å². The average Bonchev–Trinajstić information content (AvgIpc) is 2.79. The highest BCUT2D eigenvalue weighted by Crippen LogP contribution is 2.25. The topological polar surface area (TPSA) is 34.4 Å². The second-order valence-electron chi connectivity index (χ2n) is 4.21. The molecule has 0 unspecified atom stereocenters. The molecule has 3 nitrogen and oxygen atoms in total. The molecular formula is C15H11ClN2O. The van der Waals surface area contributed by atoms with Gasteiger partial charge in [-0.3, -0.25) is 0 Å². The van der Waals surface area contributed by atoms with Gasteiger partial charge in [0.1, 0.15) is 11.9 Å². The third kappa shape index (κ3) is 2.13. The van der Waals surface area contributed by atoms with Crippen LogP contribution < -0.4 is 0 Å². The molecular weight excluding hydrogens is 260 g/mol. The molecule has 0 amide bonds. The fourth-order valence-electron chi connectivity index (χ4n) is 2.16. The Hall–Kier alpha value is -2.13. The fraction of sp³-hybridized carbons (Fsp3) is 0.0667. The van der Waals surface area contributed by atoms with Crippen molar-refractivity contribution in [3.63, 3.8) is 0 Å². The zero-order valence-electron chi connectivity index (χ0n) is 10.1. The van der Waals surface area contributed by atoms with Crippen molar-refractivity contribution in [1.29, 1.82) is 0 Å². The van der Waals surface area contributed by atoms with Crippen LogP contribution in [0.2, 0.25) is 5.02 Å². The lowest BCUT2D eigenvalue weighted by atomic mass is 10.1. The lowest BCUT2D eigenvalue weighted by Crippen LogP contribution is -1.95. The van der Waals surface area contributed by atoms with Gasteiger partial charge in [-0.2, -0.15) is 0 Å². The number of nitrogens with zero attached hydrogens (tertiary/aromatic N) is 2. The molecule has 0 bridgehead atoms. The minimum atomic E-state index is 0.336. The molecule has 94 valence electrons. The minimum Gasteiger partial charge on any atom is -0.303 e. The molecule has 2 heterocycles. The largest absolute Gasteiger partial charge is 0.303 e. The standard InChI is InChI=1S/C15H11ClN2O/c16-12-6-4-11(5-7-12)15-13(8-10-19)18-9-2-1-3-14(18)17-15/h1-7,9-10H,8H2. The van der Waals surface area contributed by atoms with Crippen LogP contribution >= 0.6 is 11.6 Å². The predicted molar refractivity (Wildman–Crippen MR) is 75.4 cm³/mol. The third-order valence-corrected chi connectivity index (χ3v) is 3.28. The molecule has 0 saturated carbocycles. The SMILES string of the molecule is O=CCc1c(-c2ccc(Cl)cc2)nc2ccccn12. The first-order chi connectivity index (χ1) is 9.29. The predicted octanol–water partition coefficient (Wildman–Crippen LogP) is 3.40. The lowest BCUT2D eigenvalue weighted by molar-refractivity contribution is -0.107. The molecule has 0 fully saturated rings. The quantitative estimate of drug-likeness (QED) is 0.684. The first kappa shape index (κ1) is 11.9. The second kappa shape index (κ2) is 4.86. The number of rotatable bonds is 3. The Morgan fingerprint density at radius 1 is 1.16 bits per heavy atom. The number of carbonyl (C=O) groups is 1. The highest BCUT2D eigenvalue weighted by molar-refractivity contribution is 6.30. The van der Waals surface area contributed by atoms with E-state index in [1.807, 2.05) is 53.1 Å². The summed E-state index contributed by atoms with van der Waals surface area (Å²) in [5, 5.41) is 0.685. The molecule has 0 aliphatic carbocycles. The summed E-state index contributed by atoms with van der Waals surface area (Å²) >= 11 is 5.90. The maximum absolute atomic E-state index is 10.9. The highest BCUT2D eigenvalue weighted by Gasteiger charge is 2.12. The van der Waals surface area contributed by atoms with Crippen molar-refractivity contribution in [2.45, 2.75) is 6.42 Å². The van der Waals surface area contributed by atoms with Crippen molar-refractivity contribution in [3.8, 4) is 11.3 Å². The number of pyridine rings is 1. The van der Waals surface area contributed by atoms with E-state index in [1.54, 1.807) is 0 Å². The molecule has 0 saturated heterocycles. The number of halogens is 1. The number of imidazole rings is 1. The van der Waals surface area contributed by atoms with Gasteiger partial charge in [-0.05, 0) is 24.3 Å². The van der Waals surface area contributed by atoms with Gasteiger partial charge in [-0.1, -0.05) is 29.8 Å². The summed E-state index contributed by atoms with van der Waals surface area (Å²) in [6.45, 7) is 0. The molecule has 0 aliphatic heterocycles. The van der Waals surface area contributed by atoms with Crippen LogP contribution in [0.1, 0.15) is 5.69 Å². The Morgan fingerprint density at radius 3 is 2.68 bits per heavy atom. The molecule has 4 heteroatoms. The molecule has 1 aromatic carbocycles. The van der Waals surface area contributed by atoms with E-state index in [0.29, 0.717) is 11.4 Å². The lowest BCUT2D eigenvalue weighted by Gasteiger charge is -2.01. The molecule has 0 aliphatic rings. The van der Waals surface area contributed by atoms with E-state index in [9.17, 15) is 4.79 Å². The zero-order chi connectivity index (χ0) is 13.2. The van der Waals surface area contributed by atoms with E-state index < -0.39 is 0 Å². The molecule has 19 heavy (non-hydrogen) atoms. The Balaban J connectivity index is 2.24. The first-order valence-corrected chi connectivity index (χ1v) is 6.33. The van der Waals surface area contributed by atoms with E-state index in [0.717, 1.165) is 28.9 Å². The van der Waals surface area contributed by atoms with Crippen molar-refractivity contribution >= 4 is 23.5 Å². The summed E-state index contributed by atoms with van der Waals surface area (Å²) in [5.41, 5.74) is 3.53. The van der Waals surface area contributed by atoms with E-state index in [2.05, 4.69) is 4.98 Å². The molecule has 3 aromatic rings. The van der Waals surface area contributed by atoms with Crippen molar-refractivity contribution in [2.24, 2.45) is 0 Å². The number of benzene rings is 1. The van der Waals surface area contributed by atoms with Crippen LogP contribution in [0, 0.1) is 0 Å². The van der Waals surface area contributed by atoms with Crippen molar-refractivity contribution in [1.82, 2.24) is 9.38 Å². The smallest absolute Gasteiger partial charge is 0.137 e. The maximum Gasteiger partial charge on any atom is 0.137 e. The van der Waals surface area contributed by atoms with Gasteiger partial charge in [-0.25, -0.2) is 4.98 Å². The van der Waals surface area contributed by atoms with E-state index in [-0.39, 0.29) is 0 Å². The van der Waals surface area contributed by atoms with Gasteiger partial charge in [0.25, 0.3) is 0 Å². The van der Waals surface area contributed by atoms with Gasteiger partial charge in [0.2, 0.25) is 0 Å². The second-order valence-corrected chi connectivity index (χ2v) is 4.65. The normalized spacial score (nSPS) is 10.8. The summed E-state index contributed by atoms with van der Waals surface area (Å²) in [7, 11) is 0. The van der Waals surface area contributed by atoms with Crippen LogP contribution in [0.5, 0.6) is 0 Å².